The first kappa shape index (κ1) is 22.7. The Morgan fingerprint density at radius 2 is 1.80 bits per heavy atom. The number of imidazole rings is 1. The summed E-state index contributed by atoms with van der Waals surface area (Å²) in [4.78, 5) is 14.1. The number of hydrogen-bond donors (Lipinski definition) is 2. The Bertz CT molecular complexity index is 1110. The van der Waals surface area contributed by atoms with Crippen molar-refractivity contribution < 1.29 is 14.6 Å². The molecule has 0 amide bonds. The van der Waals surface area contributed by atoms with Gasteiger partial charge in [0.25, 0.3) is 0 Å². The van der Waals surface area contributed by atoms with Crippen LogP contribution in [-0.2, 0) is 9.47 Å². The highest BCUT2D eigenvalue weighted by Crippen LogP contribution is 2.71. The standard InChI is InChI=1S/C26H36ClN5O3/c1-25(2)34-20-19(16-11-26(16,12-33)21(20)35-25)32-13-28-18-22(30-24(27)31-23(18)32)29-17(14-7-3-4-8-14)15-9-5-6-10-15/h13-17,19-21,33H,3-12H2,1-2H3,(H,29,30,31)/t16-,19-,20+,21+,26+/m1/s1. The molecule has 5 atom stereocenters. The van der Waals surface area contributed by atoms with Gasteiger partial charge in [0.1, 0.15) is 6.10 Å². The molecule has 4 aliphatic carbocycles. The monoisotopic (exact) mass is 501 g/mol. The van der Waals surface area contributed by atoms with Crippen molar-refractivity contribution in [2.75, 3.05) is 11.9 Å². The van der Waals surface area contributed by atoms with Crippen molar-refractivity contribution in [3.8, 4) is 0 Å². The fraction of sp³-hybridized carbons (Fsp3) is 0.808. The average Bonchev–Trinajstić information content (AvgIpc) is 3.44. The second-order valence-corrected chi connectivity index (χ2v) is 12.5. The van der Waals surface area contributed by atoms with Crippen LogP contribution in [0.25, 0.3) is 11.2 Å². The van der Waals surface area contributed by atoms with Crippen molar-refractivity contribution >= 4 is 28.6 Å². The van der Waals surface area contributed by atoms with Crippen LogP contribution in [0.3, 0.4) is 0 Å². The van der Waals surface area contributed by atoms with E-state index in [0.717, 1.165) is 23.4 Å². The number of nitrogens with zero attached hydrogens (tertiary/aromatic N) is 4. The zero-order chi connectivity index (χ0) is 23.9. The van der Waals surface area contributed by atoms with E-state index < -0.39 is 5.79 Å². The maximum atomic E-state index is 10.3. The minimum Gasteiger partial charge on any atom is -0.396 e. The summed E-state index contributed by atoms with van der Waals surface area (Å²) in [6.45, 7) is 4.00. The third-order valence-corrected chi connectivity index (χ3v) is 9.92. The number of aliphatic hydroxyl groups excluding tert-OH is 1. The van der Waals surface area contributed by atoms with Gasteiger partial charge in [-0.1, -0.05) is 25.7 Å². The summed E-state index contributed by atoms with van der Waals surface area (Å²) >= 11 is 6.52. The Balaban J connectivity index is 1.26. The third-order valence-electron chi connectivity index (χ3n) is 9.75. The van der Waals surface area contributed by atoms with Crippen LogP contribution >= 0.6 is 11.6 Å². The minimum atomic E-state index is -0.672. The van der Waals surface area contributed by atoms with E-state index in [2.05, 4.69) is 19.9 Å². The molecule has 0 bridgehead atoms. The van der Waals surface area contributed by atoms with Gasteiger partial charge in [0.15, 0.2) is 22.8 Å². The number of fused-ring (bicyclic) bond motifs is 4. The molecule has 5 aliphatic rings. The van der Waals surface area contributed by atoms with Gasteiger partial charge in [-0.3, -0.25) is 0 Å². The van der Waals surface area contributed by atoms with Gasteiger partial charge in [-0.25, -0.2) is 4.98 Å². The van der Waals surface area contributed by atoms with Crippen LogP contribution in [0.1, 0.15) is 77.7 Å². The van der Waals surface area contributed by atoms with Crippen molar-refractivity contribution in [3.63, 3.8) is 0 Å². The van der Waals surface area contributed by atoms with E-state index in [1.165, 1.54) is 51.4 Å². The van der Waals surface area contributed by atoms with Crippen LogP contribution in [0.5, 0.6) is 0 Å². The number of halogens is 1. The molecule has 0 spiro atoms. The zero-order valence-electron chi connectivity index (χ0n) is 20.6. The van der Waals surface area contributed by atoms with Crippen LogP contribution in [0.4, 0.5) is 5.82 Å². The minimum absolute atomic E-state index is 0.00166. The lowest BCUT2D eigenvalue weighted by atomic mass is 9.86. The van der Waals surface area contributed by atoms with Gasteiger partial charge >= 0.3 is 0 Å². The molecule has 2 N–H and O–H groups in total. The molecule has 0 unspecified atom stereocenters. The fourth-order valence-corrected chi connectivity index (χ4v) is 8.26. The van der Waals surface area contributed by atoms with Crippen LogP contribution in [-0.4, -0.2) is 55.3 Å². The zero-order valence-corrected chi connectivity index (χ0v) is 21.4. The predicted molar refractivity (Wildman–Crippen MR) is 132 cm³/mol. The van der Waals surface area contributed by atoms with Gasteiger partial charge in [-0.15, -0.1) is 0 Å². The Morgan fingerprint density at radius 1 is 1.11 bits per heavy atom. The van der Waals surface area contributed by atoms with Gasteiger partial charge in [0.05, 0.1) is 25.1 Å². The summed E-state index contributed by atoms with van der Waals surface area (Å²) in [7, 11) is 0. The van der Waals surface area contributed by atoms with Crippen LogP contribution < -0.4 is 5.32 Å². The van der Waals surface area contributed by atoms with Crippen molar-refractivity contribution in [1.29, 1.82) is 0 Å². The highest BCUT2D eigenvalue weighted by molar-refractivity contribution is 6.28. The molecule has 7 rings (SSSR count). The Hall–Kier alpha value is -1.48. The molecule has 1 saturated heterocycles. The molecule has 35 heavy (non-hydrogen) atoms. The molecule has 0 aromatic carbocycles. The molecule has 2 aromatic rings. The summed E-state index contributed by atoms with van der Waals surface area (Å²) in [5, 5.41) is 14.4. The van der Waals surface area contributed by atoms with Crippen LogP contribution in [0.2, 0.25) is 5.28 Å². The van der Waals surface area contributed by atoms with E-state index in [9.17, 15) is 5.11 Å². The molecule has 2 aromatic heterocycles. The molecule has 190 valence electrons. The predicted octanol–water partition coefficient (Wildman–Crippen LogP) is 4.71. The van der Waals surface area contributed by atoms with Crippen LogP contribution in [0, 0.1) is 23.2 Å². The first-order valence-electron chi connectivity index (χ1n) is 13.5. The summed E-state index contributed by atoms with van der Waals surface area (Å²) in [5.74, 6) is 1.72. The lowest BCUT2D eigenvalue weighted by molar-refractivity contribution is -0.163. The van der Waals surface area contributed by atoms with Crippen molar-refractivity contribution in [2.24, 2.45) is 23.2 Å². The van der Waals surface area contributed by atoms with E-state index in [0.29, 0.717) is 17.9 Å². The topological polar surface area (TPSA) is 94.3 Å². The largest absolute Gasteiger partial charge is 0.396 e. The number of rotatable bonds is 6. The number of anilines is 1. The number of hydrogen-bond acceptors (Lipinski definition) is 7. The van der Waals surface area contributed by atoms with Gasteiger partial charge in [-0.2, -0.15) is 9.97 Å². The average molecular weight is 502 g/mol. The van der Waals surface area contributed by atoms with E-state index in [-0.39, 0.29) is 41.5 Å². The first-order chi connectivity index (χ1) is 16.9. The molecule has 8 nitrogen and oxygen atoms in total. The fourth-order valence-electron chi connectivity index (χ4n) is 8.10. The van der Waals surface area contributed by atoms with E-state index in [4.69, 9.17) is 26.1 Å². The summed E-state index contributed by atoms with van der Waals surface area (Å²) in [5.41, 5.74) is 1.27. The second kappa shape index (κ2) is 8.01. The number of ether oxygens (including phenoxy) is 2. The smallest absolute Gasteiger partial charge is 0.226 e. The lowest BCUT2D eigenvalue weighted by Crippen LogP contribution is -2.35. The molecule has 4 saturated carbocycles. The molecule has 9 heteroatoms. The van der Waals surface area contributed by atoms with Gasteiger partial charge in [-0.05, 0) is 75.3 Å². The number of aromatic nitrogens is 4. The molecular formula is C26H36ClN5O3. The van der Waals surface area contributed by atoms with Crippen LogP contribution in [0.15, 0.2) is 6.33 Å². The van der Waals surface area contributed by atoms with E-state index in [1.807, 2.05) is 20.2 Å². The summed E-state index contributed by atoms with van der Waals surface area (Å²) in [6, 6.07) is 0.409. The molecule has 3 heterocycles. The van der Waals surface area contributed by atoms with E-state index in [1.54, 1.807) is 0 Å². The first-order valence-corrected chi connectivity index (χ1v) is 13.9. The number of aliphatic hydroxyl groups is 1. The lowest BCUT2D eigenvalue weighted by Gasteiger charge is -2.30. The van der Waals surface area contributed by atoms with Crippen molar-refractivity contribution in [3.05, 3.63) is 11.6 Å². The van der Waals surface area contributed by atoms with Gasteiger partial charge in [0, 0.05) is 11.5 Å². The molecular weight excluding hydrogens is 466 g/mol. The molecule has 1 aliphatic heterocycles. The highest BCUT2D eigenvalue weighted by atomic mass is 35.5. The normalized spacial score (nSPS) is 36.4. The van der Waals surface area contributed by atoms with E-state index >= 15 is 0 Å². The number of nitrogens with one attached hydrogen (secondary N) is 1. The Kier molecular flexibility index (Phi) is 5.19. The maximum absolute atomic E-state index is 10.3. The molecule has 5 fully saturated rings. The maximum Gasteiger partial charge on any atom is 0.226 e. The quantitative estimate of drug-likeness (QED) is 0.553. The van der Waals surface area contributed by atoms with Gasteiger partial charge < -0.3 is 24.5 Å². The third kappa shape index (κ3) is 3.46. The second-order valence-electron chi connectivity index (χ2n) is 12.1. The Labute approximate surface area is 211 Å². The van der Waals surface area contributed by atoms with Crippen molar-refractivity contribution in [1.82, 2.24) is 19.5 Å². The molecule has 0 radical (unpaired) electrons. The SMILES string of the molecule is CC1(C)O[C@H]2[C@H](n3cnc4c(NC(C5CCCC5)C5CCCC5)nc(Cl)nc43)[C@H]3C[C@@]3(CO)[C@H]2O1. The summed E-state index contributed by atoms with van der Waals surface area (Å²) in [6.07, 6.45) is 12.9. The van der Waals surface area contributed by atoms with Gasteiger partial charge in [0.2, 0.25) is 5.28 Å². The highest BCUT2D eigenvalue weighted by Gasteiger charge is 2.75. The Morgan fingerprint density at radius 3 is 2.46 bits per heavy atom. The van der Waals surface area contributed by atoms with Crippen molar-refractivity contribution in [2.45, 2.75) is 102 Å². The summed E-state index contributed by atoms with van der Waals surface area (Å²) < 4.78 is 14.8.